The van der Waals surface area contributed by atoms with Gasteiger partial charge in [0, 0.05) is 11.8 Å². The lowest BCUT2D eigenvalue weighted by Gasteiger charge is -2.24. The maximum Gasteiger partial charge on any atom is 0.266 e. The standard InChI is InChI=1S/C22H20ClN3O3S/c1-3-13-26(18-7-5-4-6-8-18)30(28,29)20-14-17(10-11-19(20)23)22(27)25-21-12-9-16(2)15-24-21/h3-12,14-15H,1,13H2,2H3,(H,24,25,27). The third kappa shape index (κ3) is 4.69. The Morgan fingerprint density at radius 1 is 1.17 bits per heavy atom. The summed E-state index contributed by atoms with van der Waals surface area (Å²) in [7, 11) is -4.05. The number of aromatic nitrogens is 1. The molecule has 0 aliphatic carbocycles. The molecule has 0 saturated carbocycles. The van der Waals surface area contributed by atoms with E-state index >= 15 is 0 Å². The fraction of sp³-hybridized carbons (Fsp3) is 0.0909. The second-order valence-corrected chi connectivity index (χ2v) is 8.72. The maximum absolute atomic E-state index is 13.4. The van der Waals surface area contributed by atoms with E-state index in [0.29, 0.717) is 11.5 Å². The fourth-order valence-electron chi connectivity index (χ4n) is 2.75. The van der Waals surface area contributed by atoms with Gasteiger partial charge in [-0.3, -0.25) is 9.10 Å². The molecule has 1 amide bonds. The number of sulfonamides is 1. The van der Waals surface area contributed by atoms with Gasteiger partial charge in [-0.1, -0.05) is 41.9 Å². The topological polar surface area (TPSA) is 79.4 Å². The van der Waals surface area contributed by atoms with Gasteiger partial charge in [-0.25, -0.2) is 13.4 Å². The molecule has 0 radical (unpaired) electrons. The maximum atomic E-state index is 13.4. The molecular formula is C22H20ClN3O3S. The Balaban J connectivity index is 1.97. The zero-order chi connectivity index (χ0) is 21.7. The highest BCUT2D eigenvalue weighted by Crippen LogP contribution is 2.29. The van der Waals surface area contributed by atoms with Crippen LogP contribution in [0.2, 0.25) is 5.02 Å². The van der Waals surface area contributed by atoms with Crippen LogP contribution in [-0.4, -0.2) is 25.9 Å². The number of amides is 1. The lowest BCUT2D eigenvalue weighted by molar-refractivity contribution is 0.102. The van der Waals surface area contributed by atoms with Gasteiger partial charge in [0.1, 0.15) is 10.7 Å². The number of aryl methyl sites for hydroxylation is 1. The summed E-state index contributed by atoms with van der Waals surface area (Å²) in [5, 5.41) is 2.67. The van der Waals surface area contributed by atoms with Crippen molar-refractivity contribution in [1.29, 1.82) is 0 Å². The van der Waals surface area contributed by atoms with Crippen LogP contribution < -0.4 is 9.62 Å². The number of hydrogen-bond acceptors (Lipinski definition) is 4. The number of carbonyl (C=O) groups is 1. The Morgan fingerprint density at radius 2 is 1.90 bits per heavy atom. The zero-order valence-corrected chi connectivity index (χ0v) is 17.8. The van der Waals surface area contributed by atoms with Gasteiger partial charge in [0.05, 0.1) is 17.3 Å². The van der Waals surface area contributed by atoms with E-state index in [4.69, 9.17) is 11.6 Å². The third-order valence-corrected chi connectivity index (χ3v) is 6.53. The Labute approximate surface area is 180 Å². The van der Waals surface area contributed by atoms with Crippen LogP contribution in [0, 0.1) is 6.92 Å². The van der Waals surface area contributed by atoms with Crippen molar-refractivity contribution in [3.8, 4) is 0 Å². The highest BCUT2D eigenvalue weighted by molar-refractivity contribution is 7.93. The summed E-state index contributed by atoms with van der Waals surface area (Å²) in [5.41, 5.74) is 1.57. The van der Waals surface area contributed by atoms with Crippen molar-refractivity contribution in [2.24, 2.45) is 0 Å². The first-order chi connectivity index (χ1) is 14.3. The summed E-state index contributed by atoms with van der Waals surface area (Å²) in [6.45, 7) is 5.58. The SMILES string of the molecule is C=CCN(c1ccccc1)S(=O)(=O)c1cc(C(=O)Nc2ccc(C)cn2)ccc1Cl. The van der Waals surface area contributed by atoms with Crippen molar-refractivity contribution in [2.75, 3.05) is 16.2 Å². The molecule has 0 atom stereocenters. The molecule has 0 spiro atoms. The second kappa shape index (κ2) is 9.11. The number of carbonyl (C=O) groups excluding carboxylic acids is 1. The molecule has 0 saturated heterocycles. The minimum Gasteiger partial charge on any atom is -0.307 e. The van der Waals surface area contributed by atoms with Gasteiger partial charge < -0.3 is 5.32 Å². The van der Waals surface area contributed by atoms with Gasteiger partial charge >= 0.3 is 0 Å². The van der Waals surface area contributed by atoms with Crippen molar-refractivity contribution in [2.45, 2.75) is 11.8 Å². The molecule has 3 rings (SSSR count). The van der Waals surface area contributed by atoms with Crippen molar-refractivity contribution >= 4 is 39.0 Å². The fourth-order valence-corrected chi connectivity index (χ4v) is 4.68. The number of anilines is 2. The first kappa shape index (κ1) is 21.5. The molecule has 0 aliphatic rings. The van der Waals surface area contributed by atoms with Gasteiger partial charge in [0.15, 0.2) is 0 Å². The van der Waals surface area contributed by atoms with E-state index in [-0.39, 0.29) is 22.0 Å². The van der Waals surface area contributed by atoms with E-state index in [2.05, 4.69) is 16.9 Å². The Bertz CT molecular complexity index is 1160. The normalized spacial score (nSPS) is 11.0. The molecule has 8 heteroatoms. The van der Waals surface area contributed by atoms with Gasteiger partial charge in [-0.2, -0.15) is 0 Å². The lowest BCUT2D eigenvalue weighted by atomic mass is 10.2. The van der Waals surface area contributed by atoms with Crippen molar-refractivity contribution in [3.63, 3.8) is 0 Å². The number of rotatable bonds is 7. The number of para-hydroxylation sites is 1. The molecule has 2 aromatic carbocycles. The largest absolute Gasteiger partial charge is 0.307 e. The molecule has 6 nitrogen and oxygen atoms in total. The average Bonchev–Trinajstić information content (AvgIpc) is 2.74. The molecule has 1 N–H and O–H groups in total. The second-order valence-electron chi connectivity index (χ2n) is 6.48. The van der Waals surface area contributed by atoms with E-state index in [0.717, 1.165) is 5.56 Å². The molecule has 1 heterocycles. The van der Waals surface area contributed by atoms with Gasteiger partial charge in [-0.15, -0.1) is 6.58 Å². The molecule has 154 valence electrons. The van der Waals surface area contributed by atoms with Gasteiger partial charge in [0.2, 0.25) is 0 Å². The van der Waals surface area contributed by atoms with Crippen LogP contribution >= 0.6 is 11.6 Å². The van der Waals surface area contributed by atoms with Crippen LogP contribution in [0.1, 0.15) is 15.9 Å². The summed E-state index contributed by atoms with van der Waals surface area (Å²) in [6.07, 6.45) is 3.11. The van der Waals surface area contributed by atoms with E-state index in [1.165, 1.54) is 28.6 Å². The number of nitrogens with zero attached hydrogens (tertiary/aromatic N) is 2. The average molecular weight is 442 g/mol. The summed E-state index contributed by atoms with van der Waals surface area (Å²) >= 11 is 6.22. The first-order valence-corrected chi connectivity index (χ1v) is 10.9. The quantitative estimate of drug-likeness (QED) is 0.540. The number of benzene rings is 2. The van der Waals surface area contributed by atoms with Crippen molar-refractivity contribution in [3.05, 3.63) is 95.7 Å². The highest BCUT2D eigenvalue weighted by Gasteiger charge is 2.27. The molecule has 3 aromatic rings. The van der Waals surface area contributed by atoms with E-state index in [1.54, 1.807) is 42.6 Å². The van der Waals surface area contributed by atoms with Crippen molar-refractivity contribution < 1.29 is 13.2 Å². The van der Waals surface area contributed by atoms with Crippen LogP contribution in [0.5, 0.6) is 0 Å². The van der Waals surface area contributed by atoms with Gasteiger partial charge in [0.25, 0.3) is 15.9 Å². The van der Waals surface area contributed by atoms with Crippen LogP contribution in [0.4, 0.5) is 11.5 Å². The van der Waals surface area contributed by atoms with E-state index in [1.807, 2.05) is 13.0 Å². The summed E-state index contributed by atoms with van der Waals surface area (Å²) in [5.74, 6) is -0.128. The monoisotopic (exact) mass is 441 g/mol. The van der Waals surface area contributed by atoms with Crippen LogP contribution in [0.25, 0.3) is 0 Å². The van der Waals surface area contributed by atoms with Gasteiger partial charge in [-0.05, 0) is 48.9 Å². The minimum absolute atomic E-state index is 0.0185. The molecule has 0 unspecified atom stereocenters. The van der Waals surface area contributed by atoms with E-state index < -0.39 is 15.9 Å². The predicted molar refractivity (Wildman–Crippen MR) is 120 cm³/mol. The smallest absolute Gasteiger partial charge is 0.266 e. The Hall–Kier alpha value is -3.16. The van der Waals surface area contributed by atoms with Crippen LogP contribution in [0.15, 0.2) is 84.4 Å². The van der Waals surface area contributed by atoms with E-state index in [9.17, 15) is 13.2 Å². The summed E-state index contributed by atoms with van der Waals surface area (Å²) in [4.78, 5) is 16.6. The first-order valence-electron chi connectivity index (χ1n) is 9.05. The molecule has 30 heavy (non-hydrogen) atoms. The molecule has 0 aliphatic heterocycles. The van der Waals surface area contributed by atoms with Crippen molar-refractivity contribution in [1.82, 2.24) is 4.98 Å². The Kier molecular flexibility index (Phi) is 6.54. The number of pyridine rings is 1. The molecule has 0 bridgehead atoms. The van der Waals surface area contributed by atoms with Crippen LogP contribution in [0.3, 0.4) is 0 Å². The molecular weight excluding hydrogens is 422 g/mol. The van der Waals surface area contributed by atoms with Crippen LogP contribution in [-0.2, 0) is 10.0 Å². The zero-order valence-electron chi connectivity index (χ0n) is 16.2. The predicted octanol–water partition coefficient (Wildman–Crippen LogP) is 4.68. The number of halogens is 1. The lowest BCUT2D eigenvalue weighted by Crippen LogP contribution is -2.31. The number of nitrogens with one attached hydrogen (secondary N) is 1. The number of hydrogen-bond donors (Lipinski definition) is 1. The summed E-state index contributed by atoms with van der Waals surface area (Å²) in [6, 6.07) is 16.2. The highest BCUT2D eigenvalue weighted by atomic mass is 35.5. The summed E-state index contributed by atoms with van der Waals surface area (Å²) < 4.78 is 27.9. The molecule has 0 fully saturated rings. The minimum atomic E-state index is -4.05. The third-order valence-electron chi connectivity index (χ3n) is 4.25. The molecule has 1 aromatic heterocycles. The Morgan fingerprint density at radius 3 is 2.53 bits per heavy atom.